The normalized spacial score (nSPS) is 11.6. The standard InChI is InChI=1S/C23H28I2N4O7/c24-18-8-14(9-19(25)23(18)36-17-3-1-16(32)2-4-17)7-15(13-31)27-11-22(35)29(5-6-30)12-21(34)28-10-20(26)33/h1-4,8-9,15,27,30-32H,5-7,10-13H2,(H2,26,33)(H,28,34)/t15-/m0/s1. The first-order valence-corrected chi connectivity index (χ1v) is 13.0. The largest absolute Gasteiger partial charge is 0.508 e. The van der Waals surface area contributed by atoms with Crippen molar-refractivity contribution in [2.24, 2.45) is 5.73 Å². The van der Waals surface area contributed by atoms with Crippen LogP contribution >= 0.6 is 45.2 Å². The van der Waals surface area contributed by atoms with Crippen LogP contribution in [-0.2, 0) is 20.8 Å². The second kappa shape index (κ2) is 15.1. The Morgan fingerprint density at radius 2 is 1.69 bits per heavy atom. The zero-order valence-corrected chi connectivity index (χ0v) is 23.6. The van der Waals surface area contributed by atoms with Crippen molar-refractivity contribution in [2.75, 3.05) is 39.4 Å². The van der Waals surface area contributed by atoms with Crippen LogP contribution in [-0.4, -0.2) is 83.4 Å². The zero-order valence-electron chi connectivity index (χ0n) is 19.2. The lowest BCUT2D eigenvalue weighted by Crippen LogP contribution is -2.48. The Balaban J connectivity index is 1.98. The van der Waals surface area contributed by atoms with Crippen LogP contribution < -0.4 is 21.1 Å². The fourth-order valence-electron chi connectivity index (χ4n) is 3.12. The highest BCUT2D eigenvalue weighted by molar-refractivity contribution is 14.1. The second-order valence-corrected chi connectivity index (χ2v) is 10.1. The molecular weight excluding hydrogens is 698 g/mol. The summed E-state index contributed by atoms with van der Waals surface area (Å²) in [5.41, 5.74) is 5.91. The van der Waals surface area contributed by atoms with Crippen molar-refractivity contribution in [3.05, 3.63) is 49.1 Å². The van der Waals surface area contributed by atoms with Gasteiger partial charge in [-0.25, -0.2) is 0 Å². The molecule has 7 N–H and O–H groups in total. The van der Waals surface area contributed by atoms with Crippen molar-refractivity contribution in [2.45, 2.75) is 12.5 Å². The maximum absolute atomic E-state index is 12.6. The quantitative estimate of drug-likeness (QED) is 0.151. The summed E-state index contributed by atoms with van der Waals surface area (Å²) in [4.78, 5) is 36.5. The molecule has 0 saturated carbocycles. The number of hydrogen-bond acceptors (Lipinski definition) is 8. The number of phenols is 1. The minimum atomic E-state index is -0.708. The summed E-state index contributed by atoms with van der Waals surface area (Å²) in [5.74, 6) is -0.329. The molecule has 0 fully saturated rings. The van der Waals surface area contributed by atoms with Gasteiger partial charge in [0.2, 0.25) is 17.7 Å². The van der Waals surface area contributed by atoms with Crippen LogP contribution in [0.4, 0.5) is 0 Å². The van der Waals surface area contributed by atoms with E-state index in [0.29, 0.717) is 17.9 Å². The molecule has 36 heavy (non-hydrogen) atoms. The van der Waals surface area contributed by atoms with Gasteiger partial charge < -0.3 is 41.3 Å². The topological polar surface area (TPSA) is 174 Å². The van der Waals surface area contributed by atoms with E-state index < -0.39 is 23.8 Å². The first kappa shape index (κ1) is 30.0. The summed E-state index contributed by atoms with van der Waals surface area (Å²) in [5, 5.41) is 33.8. The third-order valence-corrected chi connectivity index (χ3v) is 6.48. The molecule has 0 aromatic heterocycles. The molecule has 196 valence electrons. The van der Waals surface area contributed by atoms with E-state index in [2.05, 4.69) is 55.8 Å². The van der Waals surface area contributed by atoms with Crippen LogP contribution in [0, 0.1) is 7.14 Å². The number of benzene rings is 2. The SMILES string of the molecule is NC(=O)CNC(=O)CN(CCO)C(=O)CN[C@H](CO)Cc1cc(I)c(Oc2ccc(O)cc2)c(I)c1. The molecule has 0 aliphatic carbocycles. The molecule has 1 atom stereocenters. The summed E-state index contributed by atoms with van der Waals surface area (Å²) >= 11 is 4.32. The van der Waals surface area contributed by atoms with Gasteiger partial charge in [0, 0.05) is 12.6 Å². The number of nitrogens with one attached hydrogen (secondary N) is 2. The highest BCUT2D eigenvalue weighted by Crippen LogP contribution is 2.33. The lowest BCUT2D eigenvalue weighted by atomic mass is 10.1. The Morgan fingerprint density at radius 3 is 2.25 bits per heavy atom. The average molecular weight is 726 g/mol. The average Bonchev–Trinajstić information content (AvgIpc) is 2.83. The Kier molecular flexibility index (Phi) is 12.6. The number of aromatic hydroxyl groups is 1. The molecule has 2 rings (SSSR count). The number of ether oxygens (including phenoxy) is 1. The van der Waals surface area contributed by atoms with Gasteiger partial charge in [0.05, 0.1) is 40.0 Å². The zero-order chi connectivity index (χ0) is 26.7. The highest BCUT2D eigenvalue weighted by atomic mass is 127. The number of phenolic OH excluding ortho intramolecular Hbond substituents is 1. The molecule has 3 amide bonds. The molecule has 0 heterocycles. The molecule has 2 aromatic carbocycles. The van der Waals surface area contributed by atoms with E-state index in [4.69, 9.17) is 10.5 Å². The van der Waals surface area contributed by atoms with E-state index in [9.17, 15) is 29.7 Å². The van der Waals surface area contributed by atoms with Gasteiger partial charge in [-0.2, -0.15) is 0 Å². The Hall–Kier alpha value is -2.21. The lowest BCUT2D eigenvalue weighted by molar-refractivity contribution is -0.136. The van der Waals surface area contributed by atoms with Gasteiger partial charge >= 0.3 is 0 Å². The Morgan fingerprint density at radius 1 is 1.06 bits per heavy atom. The molecule has 0 radical (unpaired) electrons. The van der Waals surface area contributed by atoms with Crippen molar-refractivity contribution < 1.29 is 34.4 Å². The number of aliphatic hydroxyl groups is 2. The summed E-state index contributed by atoms with van der Waals surface area (Å²) in [7, 11) is 0. The van der Waals surface area contributed by atoms with Crippen molar-refractivity contribution in [1.29, 1.82) is 0 Å². The molecule has 0 saturated heterocycles. The van der Waals surface area contributed by atoms with Gasteiger partial charge in [-0.3, -0.25) is 14.4 Å². The molecule has 0 unspecified atom stereocenters. The number of carbonyl (C=O) groups excluding carboxylic acids is 3. The minimum absolute atomic E-state index is 0.0623. The number of nitrogens with two attached hydrogens (primary N) is 1. The fourth-order valence-corrected chi connectivity index (χ4v) is 5.23. The van der Waals surface area contributed by atoms with Crippen molar-refractivity contribution in [3.8, 4) is 17.2 Å². The smallest absolute Gasteiger partial charge is 0.240 e. The summed E-state index contributed by atoms with van der Waals surface area (Å²) in [6.45, 7) is -1.48. The molecule has 13 heteroatoms. The maximum atomic E-state index is 12.6. The predicted octanol–water partition coefficient (Wildman–Crippen LogP) is 0.309. The van der Waals surface area contributed by atoms with E-state index in [1.165, 1.54) is 12.1 Å². The van der Waals surface area contributed by atoms with Gasteiger partial charge in [0.1, 0.15) is 11.5 Å². The van der Waals surface area contributed by atoms with Gasteiger partial charge in [-0.15, -0.1) is 0 Å². The van der Waals surface area contributed by atoms with E-state index in [-0.39, 0.29) is 45.1 Å². The van der Waals surface area contributed by atoms with Crippen LogP contribution in [0.2, 0.25) is 0 Å². The van der Waals surface area contributed by atoms with Crippen molar-refractivity contribution in [1.82, 2.24) is 15.5 Å². The predicted molar refractivity (Wildman–Crippen MR) is 149 cm³/mol. The number of rotatable bonds is 14. The fraction of sp³-hybridized carbons (Fsp3) is 0.348. The van der Waals surface area contributed by atoms with E-state index in [0.717, 1.165) is 17.6 Å². The number of aliphatic hydroxyl groups excluding tert-OH is 2. The molecule has 0 aliphatic heterocycles. The first-order chi connectivity index (χ1) is 17.1. The summed E-state index contributed by atoms with van der Waals surface area (Å²) in [6, 6.07) is 9.81. The molecule has 0 aliphatic rings. The monoisotopic (exact) mass is 726 g/mol. The molecule has 11 nitrogen and oxygen atoms in total. The number of halogens is 2. The number of carbonyl (C=O) groups is 3. The number of hydrogen-bond donors (Lipinski definition) is 6. The van der Waals surface area contributed by atoms with Crippen molar-refractivity contribution >= 4 is 62.9 Å². The van der Waals surface area contributed by atoms with E-state index in [1.54, 1.807) is 12.1 Å². The second-order valence-electron chi connectivity index (χ2n) is 7.73. The van der Waals surface area contributed by atoms with Gasteiger partial charge in [-0.1, -0.05) is 0 Å². The maximum Gasteiger partial charge on any atom is 0.240 e. The lowest BCUT2D eigenvalue weighted by Gasteiger charge is -2.23. The third-order valence-electron chi connectivity index (χ3n) is 4.88. The van der Waals surface area contributed by atoms with Crippen LogP contribution in [0.15, 0.2) is 36.4 Å². The molecule has 0 bridgehead atoms. The Labute approximate surface area is 235 Å². The first-order valence-electron chi connectivity index (χ1n) is 10.9. The van der Waals surface area contributed by atoms with Crippen LogP contribution in [0.3, 0.4) is 0 Å². The van der Waals surface area contributed by atoms with E-state index >= 15 is 0 Å². The minimum Gasteiger partial charge on any atom is -0.508 e. The number of primary amides is 1. The van der Waals surface area contributed by atoms with Gasteiger partial charge in [0.15, 0.2) is 5.75 Å². The highest BCUT2D eigenvalue weighted by Gasteiger charge is 2.19. The summed E-state index contributed by atoms with van der Waals surface area (Å²) < 4.78 is 7.66. The number of amides is 3. The third kappa shape index (κ3) is 10.0. The Bertz CT molecular complexity index is 1030. The molecular formula is C23H28I2N4O7. The summed E-state index contributed by atoms with van der Waals surface area (Å²) in [6.07, 6.45) is 0.425. The van der Waals surface area contributed by atoms with E-state index in [1.807, 2.05) is 12.1 Å². The number of nitrogens with zero attached hydrogens (tertiary/aromatic N) is 1. The van der Waals surface area contributed by atoms with Crippen LogP contribution in [0.25, 0.3) is 0 Å². The van der Waals surface area contributed by atoms with Crippen LogP contribution in [0.1, 0.15) is 5.56 Å². The van der Waals surface area contributed by atoms with Crippen LogP contribution in [0.5, 0.6) is 17.2 Å². The van der Waals surface area contributed by atoms with Gasteiger partial charge in [-0.05, 0) is 93.6 Å². The molecule has 0 spiro atoms. The van der Waals surface area contributed by atoms with Crippen molar-refractivity contribution in [3.63, 3.8) is 0 Å². The molecule has 2 aromatic rings. The van der Waals surface area contributed by atoms with Gasteiger partial charge in [0.25, 0.3) is 0 Å².